The van der Waals surface area contributed by atoms with E-state index in [1.165, 1.54) is 173 Å². The second-order valence-corrected chi connectivity index (χ2v) is 24.4. The lowest BCUT2D eigenvalue weighted by atomic mass is 10.0. The average Bonchev–Trinajstić information content (AvgIpc) is 3.38. The molecule has 0 saturated heterocycles. The number of nitrogens with zero attached hydrogens (tertiary/aromatic N) is 1. The van der Waals surface area contributed by atoms with Gasteiger partial charge in [-0.3, -0.25) is 18.6 Å². The molecule has 0 heterocycles. The molecule has 0 aromatic carbocycles. The van der Waals surface area contributed by atoms with E-state index in [-0.39, 0.29) is 31.5 Å². The molecule has 0 aliphatic rings. The number of amides is 1. The van der Waals surface area contributed by atoms with E-state index >= 15 is 0 Å². The van der Waals surface area contributed by atoms with Gasteiger partial charge in [0.2, 0.25) is 5.91 Å². The van der Waals surface area contributed by atoms with Gasteiger partial charge in [0.05, 0.1) is 33.8 Å². The molecule has 0 saturated carbocycles. The third-order valence-corrected chi connectivity index (χ3v) is 15.2. The number of unbranched alkanes of at least 4 members (excludes halogenated alkanes) is 34. The van der Waals surface area contributed by atoms with Crippen molar-refractivity contribution in [2.75, 3.05) is 40.9 Å². The number of allylic oxidation sites excluding steroid dienone is 9. The maximum Gasteiger partial charge on any atom is 0.472 e. The fourth-order valence-corrected chi connectivity index (χ4v) is 10.0. The van der Waals surface area contributed by atoms with Crippen molar-refractivity contribution in [1.82, 2.24) is 5.32 Å². The number of phosphoric ester groups is 1. The third-order valence-electron chi connectivity index (χ3n) is 14.2. The maximum absolute atomic E-state index is 13.5. The van der Waals surface area contributed by atoms with Gasteiger partial charge in [0.1, 0.15) is 19.3 Å². The van der Waals surface area contributed by atoms with Crippen LogP contribution in [-0.4, -0.2) is 74.3 Å². The van der Waals surface area contributed by atoms with Crippen molar-refractivity contribution in [3.63, 3.8) is 0 Å². The van der Waals surface area contributed by atoms with E-state index in [0.717, 1.165) is 83.5 Å². The first-order chi connectivity index (χ1) is 36.9. The molecule has 0 rings (SSSR count). The zero-order valence-electron chi connectivity index (χ0n) is 50.7. The molecule has 444 valence electrons. The molecule has 2 N–H and O–H groups in total. The van der Waals surface area contributed by atoms with Crippen LogP contribution < -0.4 is 5.32 Å². The van der Waals surface area contributed by atoms with E-state index in [0.29, 0.717) is 23.9 Å². The molecule has 76 heavy (non-hydrogen) atoms. The van der Waals surface area contributed by atoms with Crippen LogP contribution in [0.5, 0.6) is 0 Å². The fourth-order valence-electron chi connectivity index (χ4n) is 9.29. The molecule has 0 spiro atoms. The number of nitrogens with one attached hydrogen (secondary N) is 1. The first-order valence-electron chi connectivity index (χ1n) is 32.1. The van der Waals surface area contributed by atoms with Crippen molar-refractivity contribution in [1.29, 1.82) is 0 Å². The van der Waals surface area contributed by atoms with E-state index in [1.54, 1.807) is 0 Å². The lowest BCUT2D eigenvalue weighted by Crippen LogP contribution is -2.47. The highest BCUT2D eigenvalue weighted by Crippen LogP contribution is 2.43. The van der Waals surface area contributed by atoms with Gasteiger partial charge in [0.25, 0.3) is 0 Å². The Balaban J connectivity index is 5.13. The zero-order chi connectivity index (χ0) is 55.7. The Kier molecular flexibility index (Phi) is 54.3. The topological polar surface area (TPSA) is 111 Å². The number of quaternary nitrogens is 1. The number of hydrogen-bond donors (Lipinski definition) is 2. The van der Waals surface area contributed by atoms with Crippen LogP contribution in [0.15, 0.2) is 60.8 Å². The molecule has 0 bridgehead atoms. The summed E-state index contributed by atoms with van der Waals surface area (Å²) >= 11 is 0. The van der Waals surface area contributed by atoms with Gasteiger partial charge in [-0.05, 0) is 70.3 Å². The summed E-state index contributed by atoms with van der Waals surface area (Å²) in [5.41, 5.74) is 0. The number of ether oxygens (including phenoxy) is 1. The summed E-state index contributed by atoms with van der Waals surface area (Å²) in [5, 5.41) is 3.04. The first kappa shape index (κ1) is 73.7. The Hall–Kier alpha value is -2.29. The Morgan fingerprint density at radius 3 is 1.28 bits per heavy atom. The van der Waals surface area contributed by atoms with Gasteiger partial charge in [0, 0.05) is 12.8 Å². The van der Waals surface area contributed by atoms with Gasteiger partial charge in [-0.25, -0.2) is 4.57 Å². The number of phosphoric acid groups is 1. The molecule has 0 aromatic heterocycles. The molecule has 3 unspecified atom stereocenters. The summed E-state index contributed by atoms with van der Waals surface area (Å²) in [4.78, 5) is 37.7. The van der Waals surface area contributed by atoms with Gasteiger partial charge in [-0.2, -0.15) is 0 Å². The molecule has 0 aliphatic heterocycles. The van der Waals surface area contributed by atoms with Crippen LogP contribution in [0.4, 0.5) is 0 Å². The third kappa shape index (κ3) is 56.4. The molecule has 0 fully saturated rings. The molecular formula is C66H124N2O7P+. The van der Waals surface area contributed by atoms with Gasteiger partial charge < -0.3 is 19.4 Å². The summed E-state index contributed by atoms with van der Waals surface area (Å²) in [6.45, 7) is 6.89. The highest BCUT2D eigenvalue weighted by molar-refractivity contribution is 7.47. The number of likely N-dealkylation sites (N-methyl/N-ethyl adjacent to an activating group) is 1. The molecule has 3 atom stereocenters. The van der Waals surface area contributed by atoms with E-state index in [9.17, 15) is 19.0 Å². The van der Waals surface area contributed by atoms with Crippen LogP contribution in [0.25, 0.3) is 0 Å². The van der Waals surface area contributed by atoms with Gasteiger partial charge in [-0.1, -0.05) is 275 Å². The van der Waals surface area contributed by atoms with E-state index < -0.39 is 20.0 Å². The molecular weight excluding hydrogens is 964 g/mol. The van der Waals surface area contributed by atoms with Crippen LogP contribution >= 0.6 is 7.82 Å². The van der Waals surface area contributed by atoms with Crippen LogP contribution in [0, 0.1) is 0 Å². The summed E-state index contributed by atoms with van der Waals surface area (Å²) in [5.74, 6) is -0.533. The van der Waals surface area contributed by atoms with Crippen molar-refractivity contribution in [3.8, 4) is 0 Å². The van der Waals surface area contributed by atoms with Gasteiger partial charge >= 0.3 is 13.8 Å². The highest BCUT2D eigenvalue weighted by Gasteiger charge is 2.30. The molecule has 0 aromatic rings. The predicted octanol–water partition coefficient (Wildman–Crippen LogP) is 19.8. The smallest absolute Gasteiger partial charge is 0.456 e. The largest absolute Gasteiger partial charge is 0.472 e. The molecule has 1 amide bonds. The van der Waals surface area contributed by atoms with Crippen molar-refractivity contribution < 1.29 is 37.3 Å². The van der Waals surface area contributed by atoms with Crippen LogP contribution in [0.1, 0.15) is 297 Å². The summed E-state index contributed by atoms with van der Waals surface area (Å²) in [7, 11) is 1.48. The van der Waals surface area contributed by atoms with E-state index in [1.807, 2.05) is 33.3 Å². The number of esters is 1. The standard InChI is InChI=1S/C66H123N2O7P/c1-7-10-13-16-19-22-25-27-29-31-32-33-34-35-36-37-39-41-44-47-50-53-56-59-66(70)75-64(57-54-51-48-45-42-24-21-18-15-12-9-3)63(62-74-76(71,72)73-61-60-68(4,5)6)67-65(69)58-55-52-49-46-43-40-38-30-28-26-23-20-17-14-11-8-2/h11,14,20,23,28,30,40,43,54,57,63-64H,7-10,12-13,15-19,21-22,24-27,29,31-39,41-42,44-53,55-56,58-62H2,1-6H3,(H-,67,69,71,72)/p+1/b14-11+,23-20+,30-28+,43-40+,57-54-. The monoisotopic (exact) mass is 1090 g/mol. The van der Waals surface area contributed by atoms with Gasteiger partial charge in [-0.15, -0.1) is 0 Å². The average molecular weight is 1090 g/mol. The number of rotatable bonds is 58. The quantitative estimate of drug-likeness (QED) is 0.0205. The SMILES string of the molecule is CC/C=C/C/C=C/C/C=C/C/C=C/CCCCCC(=O)NC(COP(=O)(O)OCC[N+](C)(C)C)C(/C=C\CCCCCCCCCCC)OC(=O)CCCCCCCCCCCCCCCCCCCCCCCCC. The highest BCUT2D eigenvalue weighted by atomic mass is 31.2. The zero-order valence-corrected chi connectivity index (χ0v) is 51.6. The minimum Gasteiger partial charge on any atom is -0.456 e. The lowest BCUT2D eigenvalue weighted by molar-refractivity contribution is -0.870. The van der Waals surface area contributed by atoms with Crippen molar-refractivity contribution in [2.45, 2.75) is 309 Å². The minimum absolute atomic E-state index is 0.0336. The first-order valence-corrected chi connectivity index (χ1v) is 33.6. The number of carbonyl (C=O) groups excluding carboxylic acids is 2. The predicted molar refractivity (Wildman–Crippen MR) is 328 cm³/mol. The maximum atomic E-state index is 13.5. The Labute approximate surface area is 471 Å². The molecule has 10 heteroatoms. The summed E-state index contributed by atoms with van der Waals surface area (Å²) < 4.78 is 30.7. The van der Waals surface area contributed by atoms with Crippen LogP contribution in [-0.2, 0) is 27.9 Å². The summed E-state index contributed by atoms with van der Waals surface area (Å²) in [6, 6.07) is -0.864. The lowest BCUT2D eigenvalue weighted by Gasteiger charge is -2.27. The van der Waals surface area contributed by atoms with Crippen LogP contribution in [0.2, 0.25) is 0 Å². The Morgan fingerprint density at radius 1 is 0.474 bits per heavy atom. The van der Waals surface area contributed by atoms with Crippen LogP contribution in [0.3, 0.4) is 0 Å². The van der Waals surface area contributed by atoms with Crippen molar-refractivity contribution in [2.24, 2.45) is 0 Å². The normalized spacial score (nSPS) is 14.0. The summed E-state index contributed by atoms with van der Waals surface area (Å²) in [6.07, 6.45) is 70.9. The number of hydrogen-bond acceptors (Lipinski definition) is 6. The fraction of sp³-hybridized carbons (Fsp3) is 0.818. The Morgan fingerprint density at radius 2 is 0.842 bits per heavy atom. The minimum atomic E-state index is -4.46. The second kappa shape index (κ2) is 56.0. The van der Waals surface area contributed by atoms with E-state index in [4.69, 9.17) is 13.8 Å². The van der Waals surface area contributed by atoms with Crippen molar-refractivity contribution >= 4 is 19.7 Å². The molecule has 0 radical (unpaired) electrons. The second-order valence-electron chi connectivity index (χ2n) is 22.9. The number of carbonyl (C=O) groups is 2. The molecule has 9 nitrogen and oxygen atoms in total. The van der Waals surface area contributed by atoms with Crippen molar-refractivity contribution in [3.05, 3.63) is 60.8 Å². The van der Waals surface area contributed by atoms with E-state index in [2.05, 4.69) is 74.7 Å². The Bertz CT molecular complexity index is 1490. The molecule has 0 aliphatic carbocycles. The van der Waals surface area contributed by atoms with Gasteiger partial charge in [0.15, 0.2) is 0 Å².